The molecule has 3 unspecified atom stereocenters. The third kappa shape index (κ3) is 6.36. The molecule has 2 aromatic carbocycles. The number of benzene rings is 2. The molecule has 1 aliphatic carbocycles. The van der Waals surface area contributed by atoms with E-state index in [1.807, 2.05) is 63.9 Å². The molecule has 4 rings (SSSR count). The molecule has 1 aliphatic rings. The molecule has 0 amide bonds. The number of likely N-dealkylation sites (N-methyl/N-ethyl adjacent to an activating group) is 1. The normalized spacial score (nSPS) is 20.4. The van der Waals surface area contributed by atoms with Crippen molar-refractivity contribution in [3.05, 3.63) is 89.8 Å². The second-order valence-corrected chi connectivity index (χ2v) is 11.4. The maximum atomic E-state index is 14.3. The Morgan fingerprint density at radius 1 is 1.10 bits per heavy atom. The zero-order valence-electron chi connectivity index (χ0n) is 23.5. The van der Waals surface area contributed by atoms with Crippen LogP contribution in [0.2, 0.25) is 0 Å². The fourth-order valence-electron chi connectivity index (χ4n) is 4.71. The van der Waals surface area contributed by atoms with Gasteiger partial charge in [-0.25, -0.2) is 0 Å². The largest absolute Gasteiger partial charge is 0.459 e. The third-order valence-electron chi connectivity index (χ3n) is 7.12. The molecule has 0 saturated heterocycles. The number of halogens is 3. The van der Waals surface area contributed by atoms with E-state index >= 15 is 0 Å². The SMILES string of the molecule is CC(c1ccc(-c2noc(C3=CC(C)(C(F)(F)F)C(c4ccccc4)C=C3)n2)cc1)N(C)CC(=O)OC(C)(C)C. The summed E-state index contributed by atoms with van der Waals surface area (Å²) in [5, 5.41) is 4.02. The predicted molar refractivity (Wildman–Crippen MR) is 147 cm³/mol. The fraction of sp³-hybridized carbons (Fsp3) is 0.387. The first-order chi connectivity index (χ1) is 18.7. The van der Waals surface area contributed by atoms with E-state index in [4.69, 9.17) is 9.26 Å². The summed E-state index contributed by atoms with van der Waals surface area (Å²) in [6, 6.07) is 16.0. The van der Waals surface area contributed by atoms with E-state index in [2.05, 4.69) is 10.1 Å². The Hall–Kier alpha value is -3.72. The minimum absolute atomic E-state index is 0.0165. The highest BCUT2D eigenvalue weighted by molar-refractivity contribution is 5.73. The minimum atomic E-state index is -4.50. The van der Waals surface area contributed by atoms with Crippen molar-refractivity contribution in [2.75, 3.05) is 13.6 Å². The minimum Gasteiger partial charge on any atom is -0.459 e. The van der Waals surface area contributed by atoms with Crippen LogP contribution in [0.3, 0.4) is 0 Å². The molecule has 0 radical (unpaired) electrons. The van der Waals surface area contributed by atoms with Gasteiger partial charge < -0.3 is 9.26 Å². The van der Waals surface area contributed by atoms with Crippen LogP contribution in [0.1, 0.15) is 63.6 Å². The summed E-state index contributed by atoms with van der Waals surface area (Å²) in [5.74, 6) is -0.907. The van der Waals surface area contributed by atoms with E-state index in [1.54, 1.807) is 42.5 Å². The van der Waals surface area contributed by atoms with E-state index in [1.165, 1.54) is 13.0 Å². The summed E-state index contributed by atoms with van der Waals surface area (Å²) < 4.78 is 53.8. The van der Waals surface area contributed by atoms with Crippen LogP contribution in [0, 0.1) is 5.41 Å². The number of hydrogen-bond donors (Lipinski definition) is 0. The Morgan fingerprint density at radius 3 is 2.35 bits per heavy atom. The molecule has 212 valence electrons. The molecule has 6 nitrogen and oxygen atoms in total. The number of rotatable bonds is 7. The summed E-state index contributed by atoms with van der Waals surface area (Å²) in [6.45, 7) is 8.79. The van der Waals surface area contributed by atoms with Gasteiger partial charge in [0.2, 0.25) is 5.82 Å². The molecule has 40 heavy (non-hydrogen) atoms. The number of allylic oxidation sites excluding steroid dienone is 4. The second kappa shape index (κ2) is 11.0. The number of carbonyl (C=O) groups excluding carboxylic acids is 1. The van der Waals surface area contributed by atoms with Crippen molar-refractivity contribution in [2.24, 2.45) is 5.41 Å². The Bertz CT molecular complexity index is 1390. The number of ether oxygens (including phenoxy) is 1. The summed E-state index contributed by atoms with van der Waals surface area (Å²) in [5.41, 5.74) is -0.293. The number of nitrogens with zero attached hydrogens (tertiary/aromatic N) is 3. The highest BCUT2D eigenvalue weighted by Gasteiger charge is 2.55. The topological polar surface area (TPSA) is 68.5 Å². The number of esters is 1. The van der Waals surface area contributed by atoms with E-state index < -0.39 is 23.1 Å². The fourth-order valence-corrected chi connectivity index (χ4v) is 4.71. The Labute approximate surface area is 232 Å². The van der Waals surface area contributed by atoms with Crippen molar-refractivity contribution in [3.63, 3.8) is 0 Å². The Balaban J connectivity index is 1.51. The maximum Gasteiger partial charge on any atom is 0.398 e. The summed E-state index contributed by atoms with van der Waals surface area (Å²) in [7, 11) is 1.84. The molecular formula is C31H34F3N3O3. The van der Waals surface area contributed by atoms with Crippen molar-refractivity contribution in [2.45, 2.75) is 58.4 Å². The van der Waals surface area contributed by atoms with Crippen LogP contribution in [0.5, 0.6) is 0 Å². The molecule has 0 fully saturated rings. The lowest BCUT2D eigenvalue weighted by molar-refractivity contribution is -0.204. The quantitative estimate of drug-likeness (QED) is 0.285. The zero-order valence-corrected chi connectivity index (χ0v) is 23.5. The number of aromatic nitrogens is 2. The molecule has 0 saturated carbocycles. The van der Waals surface area contributed by atoms with Gasteiger partial charge in [0.25, 0.3) is 5.89 Å². The smallest absolute Gasteiger partial charge is 0.398 e. The lowest BCUT2D eigenvalue weighted by Crippen LogP contribution is -2.39. The highest BCUT2D eigenvalue weighted by Crippen LogP contribution is 2.53. The monoisotopic (exact) mass is 553 g/mol. The van der Waals surface area contributed by atoms with Gasteiger partial charge in [0.1, 0.15) is 5.60 Å². The van der Waals surface area contributed by atoms with Crippen molar-refractivity contribution >= 4 is 11.5 Å². The van der Waals surface area contributed by atoms with Crippen LogP contribution in [-0.2, 0) is 9.53 Å². The first-order valence-corrected chi connectivity index (χ1v) is 13.1. The third-order valence-corrected chi connectivity index (χ3v) is 7.12. The maximum absolute atomic E-state index is 14.3. The molecule has 0 aliphatic heterocycles. The summed E-state index contributed by atoms with van der Waals surface area (Å²) in [6.07, 6.45) is -0.178. The molecule has 3 aromatic rings. The number of alkyl halides is 3. The van der Waals surface area contributed by atoms with Crippen LogP contribution in [0.4, 0.5) is 13.2 Å². The van der Waals surface area contributed by atoms with Gasteiger partial charge in [0.15, 0.2) is 0 Å². The van der Waals surface area contributed by atoms with Gasteiger partial charge in [-0.2, -0.15) is 18.2 Å². The second-order valence-electron chi connectivity index (χ2n) is 11.4. The first-order valence-electron chi connectivity index (χ1n) is 13.1. The molecule has 1 heterocycles. The van der Waals surface area contributed by atoms with Gasteiger partial charge in [-0.05, 0) is 52.8 Å². The number of hydrogen-bond acceptors (Lipinski definition) is 6. The standard InChI is InChI=1S/C31H34F3N3O3/c1-20(37(6)19-26(38)39-29(2,3)4)21-12-14-23(15-13-21)27-35-28(40-36-27)24-16-17-25(22-10-8-7-9-11-22)30(5,18-24)31(32,33)34/h7-18,20,25H,19H2,1-6H3. The number of carbonyl (C=O) groups is 1. The van der Waals surface area contributed by atoms with Gasteiger partial charge in [-0.1, -0.05) is 78.0 Å². The van der Waals surface area contributed by atoms with E-state index in [9.17, 15) is 18.0 Å². The van der Waals surface area contributed by atoms with Crippen molar-refractivity contribution < 1.29 is 27.2 Å². The van der Waals surface area contributed by atoms with Gasteiger partial charge in [-0.3, -0.25) is 9.69 Å². The van der Waals surface area contributed by atoms with E-state index in [0.29, 0.717) is 11.1 Å². The summed E-state index contributed by atoms with van der Waals surface area (Å²) in [4.78, 5) is 18.5. The Kier molecular flexibility index (Phi) is 8.08. The molecule has 0 bridgehead atoms. The molecule has 3 atom stereocenters. The molecule has 0 spiro atoms. The lowest BCUT2D eigenvalue weighted by Gasteiger charge is -2.38. The van der Waals surface area contributed by atoms with Gasteiger partial charge in [0, 0.05) is 23.1 Å². The molecule has 9 heteroatoms. The van der Waals surface area contributed by atoms with Gasteiger partial charge in [-0.15, -0.1) is 0 Å². The van der Waals surface area contributed by atoms with Crippen LogP contribution in [0.15, 0.2) is 77.3 Å². The first kappa shape index (κ1) is 29.3. The highest BCUT2D eigenvalue weighted by atomic mass is 19.4. The van der Waals surface area contributed by atoms with Gasteiger partial charge in [0.05, 0.1) is 12.0 Å². The Morgan fingerprint density at radius 2 is 1.75 bits per heavy atom. The predicted octanol–water partition coefficient (Wildman–Crippen LogP) is 7.38. The lowest BCUT2D eigenvalue weighted by atomic mass is 9.69. The summed E-state index contributed by atoms with van der Waals surface area (Å²) >= 11 is 0. The average Bonchev–Trinajstić information content (AvgIpc) is 3.37. The van der Waals surface area contributed by atoms with Crippen molar-refractivity contribution in [3.8, 4) is 11.4 Å². The molecule has 0 N–H and O–H groups in total. The van der Waals surface area contributed by atoms with Crippen LogP contribution >= 0.6 is 0 Å². The van der Waals surface area contributed by atoms with Crippen LogP contribution in [0.25, 0.3) is 17.0 Å². The van der Waals surface area contributed by atoms with E-state index in [0.717, 1.165) is 5.56 Å². The van der Waals surface area contributed by atoms with Crippen LogP contribution in [-0.4, -0.2) is 46.4 Å². The van der Waals surface area contributed by atoms with Gasteiger partial charge >= 0.3 is 12.1 Å². The molecular weight excluding hydrogens is 519 g/mol. The van der Waals surface area contributed by atoms with Crippen LogP contribution < -0.4 is 0 Å². The average molecular weight is 554 g/mol. The van der Waals surface area contributed by atoms with E-state index in [-0.39, 0.29) is 35.8 Å². The van der Waals surface area contributed by atoms with Crippen molar-refractivity contribution in [1.29, 1.82) is 0 Å². The molecule has 1 aromatic heterocycles. The zero-order chi connectivity index (χ0) is 29.3. The van der Waals surface area contributed by atoms with Crippen molar-refractivity contribution in [1.82, 2.24) is 15.0 Å².